The van der Waals surface area contributed by atoms with Gasteiger partial charge in [0.1, 0.15) is 0 Å². The highest BCUT2D eigenvalue weighted by atomic mass is 32.2. The molecular weight excluding hydrogens is 354 g/mol. The normalized spacial score (nSPS) is 19.0. The summed E-state index contributed by atoms with van der Waals surface area (Å²) in [6.07, 6.45) is 6.42. The van der Waals surface area contributed by atoms with E-state index in [1.807, 2.05) is 18.2 Å². The van der Waals surface area contributed by atoms with Gasteiger partial charge in [-0.05, 0) is 55.7 Å². The topological polar surface area (TPSA) is 80.8 Å². The van der Waals surface area contributed by atoms with E-state index in [4.69, 9.17) is 4.74 Å². The van der Waals surface area contributed by atoms with Crippen LogP contribution in [0.15, 0.2) is 18.2 Å². The number of piperidine rings is 1. The van der Waals surface area contributed by atoms with Gasteiger partial charge in [-0.3, -0.25) is 9.59 Å². The molecule has 0 aromatic heterocycles. The standard InChI is InChI=1S/C19H25NO5S/c1-26(23,24)20-10-8-15(9-11-20)19(22)25-13-18(21)17-7-6-14-4-2-3-5-16(14)12-17/h6-7,12,15H,2-5,8-11,13H2,1H3. The van der Waals surface area contributed by atoms with Crippen molar-refractivity contribution >= 4 is 21.8 Å². The number of aryl methyl sites for hydroxylation is 2. The van der Waals surface area contributed by atoms with Crippen molar-refractivity contribution in [1.29, 1.82) is 0 Å². The Bertz CT molecular complexity index is 794. The molecule has 0 radical (unpaired) electrons. The van der Waals surface area contributed by atoms with Crippen LogP contribution in [0.1, 0.15) is 47.2 Å². The highest BCUT2D eigenvalue weighted by Crippen LogP contribution is 2.23. The number of benzene rings is 1. The van der Waals surface area contributed by atoms with Crippen LogP contribution < -0.4 is 0 Å². The fourth-order valence-electron chi connectivity index (χ4n) is 3.67. The van der Waals surface area contributed by atoms with Crippen molar-refractivity contribution in [2.24, 2.45) is 5.92 Å². The molecule has 26 heavy (non-hydrogen) atoms. The van der Waals surface area contributed by atoms with Gasteiger partial charge in [0.2, 0.25) is 10.0 Å². The Kier molecular flexibility index (Phi) is 5.77. The zero-order chi connectivity index (χ0) is 18.7. The molecule has 1 aromatic rings. The molecule has 1 fully saturated rings. The van der Waals surface area contributed by atoms with E-state index >= 15 is 0 Å². The van der Waals surface area contributed by atoms with Gasteiger partial charge in [-0.25, -0.2) is 12.7 Å². The molecule has 0 N–H and O–H groups in total. The zero-order valence-electron chi connectivity index (χ0n) is 15.1. The smallest absolute Gasteiger partial charge is 0.309 e. The second kappa shape index (κ2) is 7.88. The van der Waals surface area contributed by atoms with Crippen molar-refractivity contribution in [1.82, 2.24) is 4.31 Å². The number of Topliss-reactive ketones (excluding diaryl/α,β-unsaturated/α-hetero) is 1. The molecule has 3 rings (SSSR count). The number of carbonyl (C=O) groups is 2. The Labute approximate surface area is 154 Å². The van der Waals surface area contributed by atoms with Crippen LogP contribution in [0.4, 0.5) is 0 Å². The summed E-state index contributed by atoms with van der Waals surface area (Å²) in [6.45, 7) is 0.374. The second-order valence-corrected chi connectivity index (χ2v) is 9.14. The van der Waals surface area contributed by atoms with Crippen LogP contribution in [0.2, 0.25) is 0 Å². The Hall–Kier alpha value is -1.73. The number of carbonyl (C=O) groups excluding carboxylic acids is 2. The van der Waals surface area contributed by atoms with Gasteiger partial charge < -0.3 is 4.74 Å². The van der Waals surface area contributed by atoms with Gasteiger partial charge in [-0.15, -0.1) is 0 Å². The van der Waals surface area contributed by atoms with Crippen LogP contribution >= 0.6 is 0 Å². The molecule has 1 aliphatic heterocycles. The summed E-state index contributed by atoms with van der Waals surface area (Å²) in [5.41, 5.74) is 3.12. The number of ether oxygens (including phenoxy) is 1. The molecule has 1 saturated heterocycles. The van der Waals surface area contributed by atoms with Crippen molar-refractivity contribution in [3.05, 3.63) is 34.9 Å². The van der Waals surface area contributed by atoms with E-state index in [1.165, 1.54) is 28.1 Å². The van der Waals surface area contributed by atoms with Gasteiger partial charge in [0.15, 0.2) is 12.4 Å². The molecule has 1 aromatic carbocycles. The molecule has 7 heteroatoms. The SMILES string of the molecule is CS(=O)(=O)N1CCC(C(=O)OCC(=O)c2ccc3c(c2)CCCC3)CC1. The molecule has 0 spiro atoms. The fourth-order valence-corrected chi connectivity index (χ4v) is 4.54. The molecule has 2 aliphatic rings. The van der Waals surface area contributed by atoms with Crippen LogP contribution in [0, 0.1) is 5.92 Å². The Morgan fingerprint density at radius 2 is 1.77 bits per heavy atom. The monoisotopic (exact) mass is 379 g/mol. The molecule has 6 nitrogen and oxygen atoms in total. The molecule has 0 unspecified atom stereocenters. The first-order chi connectivity index (χ1) is 12.3. The first-order valence-electron chi connectivity index (χ1n) is 9.11. The molecular formula is C19H25NO5S. The number of nitrogens with zero attached hydrogens (tertiary/aromatic N) is 1. The van der Waals surface area contributed by atoms with Gasteiger partial charge in [0, 0.05) is 18.7 Å². The number of hydrogen-bond donors (Lipinski definition) is 0. The minimum absolute atomic E-state index is 0.194. The highest BCUT2D eigenvalue weighted by molar-refractivity contribution is 7.88. The average molecular weight is 379 g/mol. The lowest BCUT2D eigenvalue weighted by atomic mass is 9.90. The Morgan fingerprint density at radius 3 is 2.42 bits per heavy atom. The molecule has 142 valence electrons. The van der Waals surface area contributed by atoms with E-state index in [9.17, 15) is 18.0 Å². The van der Waals surface area contributed by atoms with Crippen molar-refractivity contribution in [2.45, 2.75) is 38.5 Å². The summed E-state index contributed by atoms with van der Waals surface area (Å²) in [4.78, 5) is 24.5. The number of rotatable bonds is 5. The first kappa shape index (κ1) is 19.0. The van der Waals surface area contributed by atoms with Crippen molar-refractivity contribution in [2.75, 3.05) is 26.0 Å². The van der Waals surface area contributed by atoms with Crippen LogP contribution in [0.3, 0.4) is 0 Å². The molecule has 1 heterocycles. The minimum atomic E-state index is -3.22. The lowest BCUT2D eigenvalue weighted by molar-refractivity contribution is -0.148. The predicted octanol–water partition coefficient (Wildman–Crippen LogP) is 1.96. The molecule has 0 saturated carbocycles. The average Bonchev–Trinajstić information content (AvgIpc) is 2.64. The maximum atomic E-state index is 12.3. The largest absolute Gasteiger partial charge is 0.457 e. The highest BCUT2D eigenvalue weighted by Gasteiger charge is 2.30. The number of hydrogen-bond acceptors (Lipinski definition) is 5. The van der Waals surface area contributed by atoms with Gasteiger partial charge in [-0.1, -0.05) is 12.1 Å². The fraction of sp³-hybridized carbons (Fsp3) is 0.579. The maximum absolute atomic E-state index is 12.3. The third-order valence-electron chi connectivity index (χ3n) is 5.27. The van der Waals surface area contributed by atoms with Crippen molar-refractivity contribution in [3.63, 3.8) is 0 Å². The summed E-state index contributed by atoms with van der Waals surface area (Å²) in [5.74, 6) is -0.950. The van der Waals surface area contributed by atoms with Crippen LogP contribution in [0.25, 0.3) is 0 Å². The van der Waals surface area contributed by atoms with Crippen LogP contribution in [-0.2, 0) is 32.4 Å². The second-order valence-electron chi connectivity index (χ2n) is 7.16. The number of ketones is 1. The van der Waals surface area contributed by atoms with E-state index in [1.54, 1.807) is 0 Å². The minimum Gasteiger partial charge on any atom is -0.457 e. The predicted molar refractivity (Wildman–Crippen MR) is 97.5 cm³/mol. The number of sulfonamides is 1. The molecule has 1 aliphatic carbocycles. The first-order valence-corrected chi connectivity index (χ1v) is 11.0. The molecule has 0 amide bonds. The third-order valence-corrected chi connectivity index (χ3v) is 6.58. The summed E-state index contributed by atoms with van der Waals surface area (Å²) in [7, 11) is -3.22. The summed E-state index contributed by atoms with van der Waals surface area (Å²) in [5, 5.41) is 0. The molecule has 0 atom stereocenters. The van der Waals surface area contributed by atoms with Crippen LogP contribution in [-0.4, -0.2) is 50.4 Å². The van der Waals surface area contributed by atoms with Crippen LogP contribution in [0.5, 0.6) is 0 Å². The Balaban J connectivity index is 1.51. The summed E-state index contributed by atoms with van der Waals surface area (Å²) in [6, 6.07) is 5.74. The van der Waals surface area contributed by atoms with E-state index in [2.05, 4.69) is 0 Å². The van der Waals surface area contributed by atoms with Gasteiger partial charge in [0.05, 0.1) is 12.2 Å². The van der Waals surface area contributed by atoms with Crippen molar-refractivity contribution in [3.8, 4) is 0 Å². The lowest BCUT2D eigenvalue weighted by Crippen LogP contribution is -2.40. The summed E-state index contributed by atoms with van der Waals surface area (Å²) < 4.78 is 29.6. The molecule has 0 bridgehead atoms. The number of esters is 1. The maximum Gasteiger partial charge on any atom is 0.309 e. The summed E-state index contributed by atoms with van der Waals surface area (Å²) >= 11 is 0. The van der Waals surface area contributed by atoms with E-state index < -0.39 is 16.0 Å². The quantitative estimate of drug-likeness (QED) is 0.577. The van der Waals surface area contributed by atoms with Gasteiger partial charge in [-0.2, -0.15) is 0 Å². The zero-order valence-corrected chi connectivity index (χ0v) is 15.9. The third kappa shape index (κ3) is 4.51. The number of fused-ring (bicyclic) bond motifs is 1. The Morgan fingerprint density at radius 1 is 1.12 bits per heavy atom. The van der Waals surface area contributed by atoms with E-state index in [0.29, 0.717) is 31.5 Å². The van der Waals surface area contributed by atoms with E-state index in [-0.39, 0.29) is 18.3 Å². The van der Waals surface area contributed by atoms with Gasteiger partial charge >= 0.3 is 5.97 Å². The van der Waals surface area contributed by atoms with Gasteiger partial charge in [0.25, 0.3) is 0 Å². The van der Waals surface area contributed by atoms with Crippen molar-refractivity contribution < 1.29 is 22.7 Å². The van der Waals surface area contributed by atoms with E-state index in [0.717, 1.165) is 19.3 Å². The lowest BCUT2D eigenvalue weighted by Gasteiger charge is -2.28.